The van der Waals surface area contributed by atoms with Crippen molar-refractivity contribution in [2.24, 2.45) is 0 Å². The molecule has 2 aromatic carbocycles. The Morgan fingerprint density at radius 1 is 1.18 bits per heavy atom. The van der Waals surface area contributed by atoms with Crippen molar-refractivity contribution in [3.05, 3.63) is 56.8 Å². The number of anilines is 1. The molecular formula is C23H22IN3O7. The molecule has 11 heteroatoms. The van der Waals surface area contributed by atoms with Crippen LogP contribution in [0.5, 0.6) is 11.5 Å². The molecule has 0 radical (unpaired) electrons. The fourth-order valence-electron chi connectivity index (χ4n) is 3.06. The van der Waals surface area contributed by atoms with Crippen molar-refractivity contribution in [2.45, 2.75) is 13.8 Å². The maximum absolute atomic E-state index is 12.4. The number of nitrogens with zero attached hydrogens (tertiary/aromatic N) is 1. The normalized spacial score (nSPS) is 14.2. The van der Waals surface area contributed by atoms with Crippen LogP contribution in [0.4, 0.5) is 10.5 Å². The highest BCUT2D eigenvalue weighted by Crippen LogP contribution is 2.35. The first kappa shape index (κ1) is 25.0. The lowest BCUT2D eigenvalue weighted by Crippen LogP contribution is -2.35. The minimum absolute atomic E-state index is 0.0596. The first-order chi connectivity index (χ1) is 16.2. The molecule has 1 aliphatic heterocycles. The fraction of sp³-hybridized carbons (Fsp3) is 0.217. The molecule has 1 aliphatic rings. The smallest absolute Gasteiger partial charge is 0.329 e. The number of aryl methyl sites for hydroxylation is 1. The lowest BCUT2D eigenvalue weighted by molar-refractivity contribution is -0.140. The van der Waals surface area contributed by atoms with Gasteiger partial charge in [-0.05, 0) is 72.3 Å². The van der Waals surface area contributed by atoms with Crippen LogP contribution in [0.3, 0.4) is 0 Å². The second-order valence-corrected chi connectivity index (χ2v) is 8.40. The minimum Gasteiger partial charge on any atom is -0.490 e. The Morgan fingerprint density at radius 3 is 2.53 bits per heavy atom. The van der Waals surface area contributed by atoms with E-state index in [1.54, 1.807) is 31.2 Å². The van der Waals surface area contributed by atoms with Gasteiger partial charge >= 0.3 is 12.0 Å². The Morgan fingerprint density at radius 2 is 1.88 bits per heavy atom. The van der Waals surface area contributed by atoms with Crippen molar-refractivity contribution in [2.75, 3.05) is 25.1 Å². The van der Waals surface area contributed by atoms with E-state index < -0.39 is 24.5 Å². The average molecular weight is 579 g/mol. The van der Waals surface area contributed by atoms with Gasteiger partial charge in [0.1, 0.15) is 12.2 Å². The van der Waals surface area contributed by atoms with Crippen LogP contribution >= 0.6 is 22.6 Å². The highest BCUT2D eigenvalue weighted by Gasteiger charge is 2.35. The van der Waals surface area contributed by atoms with Gasteiger partial charge in [-0.25, -0.2) is 9.69 Å². The molecule has 3 rings (SSSR count). The summed E-state index contributed by atoms with van der Waals surface area (Å²) in [4.78, 5) is 48.1. The van der Waals surface area contributed by atoms with Crippen LogP contribution in [-0.4, -0.2) is 53.6 Å². The Kier molecular flexibility index (Phi) is 8.10. The minimum atomic E-state index is -1.30. The molecular weight excluding hydrogens is 557 g/mol. The number of hydrogen-bond donors (Lipinski definition) is 3. The summed E-state index contributed by atoms with van der Waals surface area (Å²) in [5.41, 5.74) is 2.19. The number of imide groups is 1. The Balaban J connectivity index is 1.76. The van der Waals surface area contributed by atoms with Gasteiger partial charge in [0.15, 0.2) is 18.1 Å². The third kappa shape index (κ3) is 6.25. The quantitative estimate of drug-likeness (QED) is 0.236. The first-order valence-corrected chi connectivity index (χ1v) is 11.3. The SMILES string of the molecule is CCOc1cc(/C=C2/NC(=O)N(CC(=O)O)C2=O)cc(I)c1OCC(=O)Nc1ccc(C)cc1. The lowest BCUT2D eigenvalue weighted by atomic mass is 10.1. The topological polar surface area (TPSA) is 134 Å². The van der Waals surface area contributed by atoms with Crippen molar-refractivity contribution < 1.29 is 33.8 Å². The number of nitrogens with one attached hydrogen (secondary N) is 2. The van der Waals surface area contributed by atoms with Gasteiger partial charge in [-0.2, -0.15) is 0 Å². The van der Waals surface area contributed by atoms with Crippen LogP contribution in [0.1, 0.15) is 18.1 Å². The number of carbonyl (C=O) groups excluding carboxylic acids is 3. The van der Waals surface area contributed by atoms with E-state index in [2.05, 4.69) is 10.6 Å². The molecule has 1 heterocycles. The van der Waals surface area contributed by atoms with E-state index in [9.17, 15) is 19.2 Å². The predicted octanol–water partition coefficient (Wildman–Crippen LogP) is 2.99. The summed E-state index contributed by atoms with van der Waals surface area (Å²) in [7, 11) is 0. The standard InChI is InChI=1S/C23H22IN3O7/c1-3-33-18-10-14(9-17-22(31)27(11-20(29)30)23(32)26-17)8-16(24)21(18)34-12-19(28)25-15-6-4-13(2)5-7-15/h4-10H,3,11-12H2,1-2H3,(H,25,28)(H,26,32)(H,29,30)/b17-9+. The number of halogens is 1. The molecule has 0 saturated carbocycles. The van der Waals surface area contributed by atoms with E-state index in [1.165, 1.54) is 6.08 Å². The highest BCUT2D eigenvalue weighted by atomic mass is 127. The molecule has 0 bridgehead atoms. The van der Waals surface area contributed by atoms with E-state index in [1.807, 2.05) is 41.6 Å². The summed E-state index contributed by atoms with van der Waals surface area (Å²) < 4.78 is 12.0. The zero-order valence-electron chi connectivity index (χ0n) is 18.4. The molecule has 2 aromatic rings. The second kappa shape index (κ2) is 11.0. The monoisotopic (exact) mass is 579 g/mol. The number of amides is 4. The molecule has 4 amide bonds. The number of carbonyl (C=O) groups is 4. The number of benzene rings is 2. The van der Waals surface area contributed by atoms with Crippen LogP contribution in [0.15, 0.2) is 42.1 Å². The lowest BCUT2D eigenvalue weighted by Gasteiger charge is -2.15. The number of carboxylic acid groups (broad SMARTS) is 1. The highest BCUT2D eigenvalue weighted by molar-refractivity contribution is 14.1. The third-order valence-corrected chi connectivity index (χ3v) is 5.38. The predicted molar refractivity (Wildman–Crippen MR) is 131 cm³/mol. The van der Waals surface area contributed by atoms with Crippen LogP contribution < -0.4 is 20.1 Å². The summed E-state index contributed by atoms with van der Waals surface area (Å²) in [6.07, 6.45) is 1.42. The molecule has 0 unspecified atom stereocenters. The van der Waals surface area contributed by atoms with Gasteiger partial charge in [-0.15, -0.1) is 0 Å². The van der Waals surface area contributed by atoms with Gasteiger partial charge in [0, 0.05) is 5.69 Å². The van der Waals surface area contributed by atoms with E-state index >= 15 is 0 Å². The zero-order chi connectivity index (χ0) is 24.8. The average Bonchev–Trinajstić information content (AvgIpc) is 3.02. The van der Waals surface area contributed by atoms with E-state index in [4.69, 9.17) is 14.6 Å². The van der Waals surface area contributed by atoms with Crippen molar-refractivity contribution in [1.82, 2.24) is 10.2 Å². The van der Waals surface area contributed by atoms with Gasteiger partial charge in [0.2, 0.25) is 0 Å². The van der Waals surface area contributed by atoms with Crippen LogP contribution in [-0.2, 0) is 14.4 Å². The second-order valence-electron chi connectivity index (χ2n) is 7.24. The molecule has 0 atom stereocenters. The molecule has 0 aromatic heterocycles. The van der Waals surface area contributed by atoms with Gasteiger partial charge in [-0.3, -0.25) is 14.4 Å². The van der Waals surface area contributed by atoms with Gasteiger partial charge < -0.3 is 25.2 Å². The number of hydrogen-bond acceptors (Lipinski definition) is 6. The molecule has 0 aliphatic carbocycles. The van der Waals surface area contributed by atoms with Gasteiger partial charge in [-0.1, -0.05) is 17.7 Å². The molecule has 1 saturated heterocycles. The maximum atomic E-state index is 12.4. The molecule has 178 valence electrons. The largest absolute Gasteiger partial charge is 0.490 e. The number of carboxylic acids is 1. The Labute approximate surface area is 209 Å². The van der Waals surface area contributed by atoms with Crippen LogP contribution in [0.25, 0.3) is 6.08 Å². The molecule has 0 spiro atoms. The Bertz CT molecular complexity index is 1160. The van der Waals surface area contributed by atoms with Crippen molar-refractivity contribution in [3.8, 4) is 11.5 Å². The van der Waals surface area contributed by atoms with E-state index in [-0.39, 0.29) is 18.2 Å². The number of rotatable bonds is 9. The fourth-order valence-corrected chi connectivity index (χ4v) is 3.84. The third-order valence-electron chi connectivity index (χ3n) is 4.58. The molecule has 3 N–H and O–H groups in total. The number of urea groups is 1. The molecule has 10 nitrogen and oxygen atoms in total. The maximum Gasteiger partial charge on any atom is 0.329 e. The molecule has 1 fully saturated rings. The summed E-state index contributed by atoms with van der Waals surface area (Å²) >= 11 is 2.01. The zero-order valence-corrected chi connectivity index (χ0v) is 20.5. The number of ether oxygens (including phenoxy) is 2. The van der Waals surface area contributed by atoms with Crippen molar-refractivity contribution >= 4 is 58.2 Å². The van der Waals surface area contributed by atoms with Crippen molar-refractivity contribution in [3.63, 3.8) is 0 Å². The first-order valence-electron chi connectivity index (χ1n) is 10.2. The van der Waals surface area contributed by atoms with Gasteiger partial charge in [0.25, 0.3) is 11.8 Å². The van der Waals surface area contributed by atoms with Gasteiger partial charge in [0.05, 0.1) is 10.2 Å². The molecule has 34 heavy (non-hydrogen) atoms. The summed E-state index contributed by atoms with van der Waals surface area (Å²) in [5.74, 6) is -1.67. The Hall–Kier alpha value is -3.61. The summed E-state index contributed by atoms with van der Waals surface area (Å²) in [6.45, 7) is 3.08. The number of aliphatic carboxylic acids is 1. The summed E-state index contributed by atoms with van der Waals surface area (Å²) in [6, 6.07) is 9.85. The van der Waals surface area contributed by atoms with E-state index in [0.717, 1.165) is 5.56 Å². The van der Waals surface area contributed by atoms with E-state index in [0.29, 0.717) is 37.8 Å². The van der Waals surface area contributed by atoms with Crippen molar-refractivity contribution in [1.29, 1.82) is 0 Å². The van der Waals surface area contributed by atoms with Crippen LogP contribution in [0, 0.1) is 10.5 Å². The van der Waals surface area contributed by atoms with Crippen LogP contribution in [0.2, 0.25) is 0 Å². The summed E-state index contributed by atoms with van der Waals surface area (Å²) in [5, 5.41) is 14.0.